The van der Waals surface area contributed by atoms with Gasteiger partial charge in [0.1, 0.15) is 5.75 Å². The van der Waals surface area contributed by atoms with Crippen LogP contribution in [0.5, 0.6) is 5.75 Å². The van der Waals surface area contributed by atoms with E-state index in [2.05, 4.69) is 0 Å². The maximum atomic E-state index is 12.6. The molecule has 2 fully saturated rings. The Morgan fingerprint density at radius 2 is 1.62 bits per heavy atom. The molecule has 0 unspecified atom stereocenters. The van der Waals surface area contributed by atoms with Gasteiger partial charge in [0.15, 0.2) is 0 Å². The van der Waals surface area contributed by atoms with E-state index in [1.807, 2.05) is 41.0 Å². The number of carbonyl (C=O) groups excluding carboxylic acids is 2. The smallest absolute Gasteiger partial charge is 0.253 e. The number of benzene rings is 1. The summed E-state index contributed by atoms with van der Waals surface area (Å²) in [4.78, 5) is 28.9. The highest BCUT2D eigenvalue weighted by atomic mass is 16.5. The lowest BCUT2D eigenvalue weighted by atomic mass is 9.95. The van der Waals surface area contributed by atoms with Crippen LogP contribution in [0.3, 0.4) is 0 Å². The predicted molar refractivity (Wildman–Crippen MR) is 92.1 cm³/mol. The van der Waals surface area contributed by atoms with E-state index in [-0.39, 0.29) is 11.8 Å². The summed E-state index contributed by atoms with van der Waals surface area (Å²) in [7, 11) is 0. The monoisotopic (exact) mass is 330 g/mol. The summed E-state index contributed by atoms with van der Waals surface area (Å²) in [5.41, 5.74) is 0.683. The highest BCUT2D eigenvalue weighted by Gasteiger charge is 2.31. The van der Waals surface area contributed by atoms with Gasteiger partial charge in [-0.2, -0.15) is 0 Å². The van der Waals surface area contributed by atoms with Gasteiger partial charge < -0.3 is 14.5 Å². The molecule has 0 bridgehead atoms. The van der Waals surface area contributed by atoms with Crippen molar-refractivity contribution in [2.75, 3.05) is 32.8 Å². The van der Waals surface area contributed by atoms with E-state index in [0.717, 1.165) is 44.5 Å². The maximum Gasteiger partial charge on any atom is 0.253 e. The summed E-state index contributed by atoms with van der Waals surface area (Å²) in [6, 6.07) is 7.30. The summed E-state index contributed by atoms with van der Waals surface area (Å²) in [6.07, 6.45) is 3.80. The highest BCUT2D eigenvalue weighted by Crippen LogP contribution is 2.23. The fraction of sp³-hybridized carbons (Fsp3) is 0.579. The third-order valence-corrected chi connectivity index (χ3v) is 4.96. The fourth-order valence-electron chi connectivity index (χ4n) is 3.57. The first-order valence-corrected chi connectivity index (χ1v) is 9.00. The standard InChI is InChI=1S/C19H26N2O3/c1-2-24-17-7-5-15(6-8-17)18(22)21-13-9-16(10-14-21)19(23)20-11-3-4-12-20/h5-8,16H,2-4,9-14H2,1H3. The van der Waals surface area contributed by atoms with Crippen LogP contribution in [0.4, 0.5) is 0 Å². The van der Waals surface area contributed by atoms with Crippen LogP contribution in [0.2, 0.25) is 0 Å². The number of amides is 2. The second kappa shape index (κ2) is 7.69. The van der Waals surface area contributed by atoms with Crippen molar-refractivity contribution in [2.45, 2.75) is 32.6 Å². The third kappa shape index (κ3) is 3.71. The molecule has 0 radical (unpaired) electrons. The molecule has 0 aromatic heterocycles. The quantitative estimate of drug-likeness (QED) is 0.852. The molecule has 1 aromatic carbocycles. The molecule has 0 saturated carbocycles. The second-order valence-corrected chi connectivity index (χ2v) is 6.56. The van der Waals surface area contributed by atoms with Crippen LogP contribution in [-0.4, -0.2) is 54.4 Å². The Bertz CT molecular complexity index is 571. The van der Waals surface area contributed by atoms with E-state index < -0.39 is 0 Å². The van der Waals surface area contributed by atoms with Crippen LogP contribution >= 0.6 is 0 Å². The molecule has 0 spiro atoms. The first-order chi connectivity index (χ1) is 11.7. The number of nitrogens with zero attached hydrogens (tertiary/aromatic N) is 2. The number of piperidine rings is 1. The molecule has 2 heterocycles. The lowest BCUT2D eigenvalue weighted by Crippen LogP contribution is -2.43. The minimum atomic E-state index is 0.0464. The minimum Gasteiger partial charge on any atom is -0.494 e. The molecule has 2 aliphatic heterocycles. The van der Waals surface area contributed by atoms with E-state index in [4.69, 9.17) is 4.74 Å². The molecule has 24 heavy (non-hydrogen) atoms. The van der Waals surface area contributed by atoms with Crippen LogP contribution in [0.15, 0.2) is 24.3 Å². The van der Waals surface area contributed by atoms with Gasteiger partial charge in [0.25, 0.3) is 5.91 Å². The minimum absolute atomic E-state index is 0.0464. The van der Waals surface area contributed by atoms with E-state index >= 15 is 0 Å². The zero-order chi connectivity index (χ0) is 16.9. The fourth-order valence-corrected chi connectivity index (χ4v) is 3.57. The number of hydrogen-bond donors (Lipinski definition) is 0. The third-order valence-electron chi connectivity index (χ3n) is 4.96. The maximum absolute atomic E-state index is 12.6. The van der Waals surface area contributed by atoms with Gasteiger partial charge in [-0.05, 0) is 56.9 Å². The molecule has 2 aliphatic rings. The average molecular weight is 330 g/mol. The number of likely N-dealkylation sites (tertiary alicyclic amines) is 2. The van der Waals surface area contributed by atoms with E-state index in [0.29, 0.717) is 31.2 Å². The van der Waals surface area contributed by atoms with Gasteiger partial charge in [-0.25, -0.2) is 0 Å². The van der Waals surface area contributed by atoms with Crippen molar-refractivity contribution < 1.29 is 14.3 Å². The predicted octanol–water partition coefficient (Wildman–Crippen LogP) is 2.56. The topological polar surface area (TPSA) is 49.9 Å². The van der Waals surface area contributed by atoms with Crippen molar-refractivity contribution in [1.29, 1.82) is 0 Å². The van der Waals surface area contributed by atoms with Crippen molar-refractivity contribution in [3.63, 3.8) is 0 Å². The Hall–Kier alpha value is -2.04. The molecular weight excluding hydrogens is 304 g/mol. The number of rotatable bonds is 4. The van der Waals surface area contributed by atoms with E-state index in [9.17, 15) is 9.59 Å². The van der Waals surface area contributed by atoms with Gasteiger partial charge >= 0.3 is 0 Å². The molecule has 130 valence electrons. The second-order valence-electron chi connectivity index (χ2n) is 6.56. The van der Waals surface area contributed by atoms with Gasteiger partial charge in [-0.3, -0.25) is 9.59 Å². The van der Waals surface area contributed by atoms with Gasteiger partial charge in [0, 0.05) is 37.7 Å². The number of carbonyl (C=O) groups is 2. The van der Waals surface area contributed by atoms with Gasteiger partial charge in [-0.1, -0.05) is 0 Å². The number of hydrogen-bond acceptors (Lipinski definition) is 3. The SMILES string of the molecule is CCOc1ccc(C(=O)N2CCC(C(=O)N3CCCC3)CC2)cc1. The molecule has 5 nitrogen and oxygen atoms in total. The summed E-state index contributed by atoms with van der Waals surface area (Å²) in [6.45, 7) is 5.69. The Labute approximate surface area is 143 Å². The van der Waals surface area contributed by atoms with E-state index in [1.165, 1.54) is 0 Å². The molecule has 3 rings (SSSR count). The number of ether oxygens (including phenoxy) is 1. The normalized spacial score (nSPS) is 18.7. The molecule has 0 aliphatic carbocycles. The van der Waals surface area contributed by atoms with Crippen molar-refractivity contribution in [3.05, 3.63) is 29.8 Å². The average Bonchev–Trinajstić information content (AvgIpc) is 3.16. The Kier molecular flexibility index (Phi) is 5.38. The van der Waals surface area contributed by atoms with Crippen molar-refractivity contribution in [1.82, 2.24) is 9.80 Å². The molecular formula is C19H26N2O3. The van der Waals surface area contributed by atoms with Crippen LogP contribution in [0.25, 0.3) is 0 Å². The first kappa shape index (κ1) is 16.8. The summed E-state index contributed by atoms with van der Waals surface area (Å²) in [5, 5.41) is 0. The van der Waals surface area contributed by atoms with Crippen molar-refractivity contribution in [3.8, 4) is 5.75 Å². The van der Waals surface area contributed by atoms with E-state index in [1.54, 1.807) is 0 Å². The molecule has 0 N–H and O–H groups in total. The summed E-state index contributed by atoms with van der Waals surface area (Å²) in [5.74, 6) is 1.21. The zero-order valence-corrected chi connectivity index (χ0v) is 14.4. The van der Waals surface area contributed by atoms with Crippen molar-refractivity contribution >= 4 is 11.8 Å². The molecule has 2 amide bonds. The Morgan fingerprint density at radius 1 is 1.00 bits per heavy atom. The lowest BCUT2D eigenvalue weighted by molar-refractivity contribution is -0.135. The van der Waals surface area contributed by atoms with Crippen LogP contribution in [0, 0.1) is 5.92 Å². The molecule has 5 heteroatoms. The van der Waals surface area contributed by atoms with Gasteiger partial charge in [-0.15, -0.1) is 0 Å². The van der Waals surface area contributed by atoms with Gasteiger partial charge in [0.05, 0.1) is 6.61 Å². The van der Waals surface area contributed by atoms with Crippen molar-refractivity contribution in [2.24, 2.45) is 5.92 Å². The lowest BCUT2D eigenvalue weighted by Gasteiger charge is -2.33. The molecule has 0 atom stereocenters. The van der Waals surface area contributed by atoms with Gasteiger partial charge in [0.2, 0.25) is 5.91 Å². The zero-order valence-electron chi connectivity index (χ0n) is 14.4. The Morgan fingerprint density at radius 3 is 2.21 bits per heavy atom. The molecule has 2 saturated heterocycles. The largest absolute Gasteiger partial charge is 0.494 e. The van der Waals surface area contributed by atoms with Crippen LogP contribution < -0.4 is 4.74 Å². The Balaban J connectivity index is 1.53. The summed E-state index contributed by atoms with van der Waals surface area (Å²) >= 11 is 0. The highest BCUT2D eigenvalue weighted by molar-refractivity contribution is 5.94. The van der Waals surface area contributed by atoms with Crippen LogP contribution in [-0.2, 0) is 4.79 Å². The summed E-state index contributed by atoms with van der Waals surface area (Å²) < 4.78 is 5.41. The molecule has 1 aromatic rings. The van der Waals surface area contributed by atoms with Crippen LogP contribution in [0.1, 0.15) is 43.0 Å². The first-order valence-electron chi connectivity index (χ1n) is 9.00.